The maximum Gasteiger partial charge on any atom is 0.187 e. The highest BCUT2D eigenvalue weighted by Crippen LogP contribution is 2.61. The molecule has 4 nitrogen and oxygen atoms in total. The van der Waals surface area contributed by atoms with E-state index in [2.05, 4.69) is 36.6 Å². The Bertz CT molecular complexity index is 737. The molecule has 3 N–H and O–H groups in total. The molecule has 2 aliphatic carbocycles. The van der Waals surface area contributed by atoms with Gasteiger partial charge in [-0.1, -0.05) is 37.0 Å². The van der Waals surface area contributed by atoms with Crippen LogP contribution in [0.3, 0.4) is 0 Å². The lowest BCUT2D eigenvalue weighted by atomic mass is 9.64. The van der Waals surface area contributed by atoms with Crippen LogP contribution in [0, 0.1) is 17.3 Å². The Kier molecular flexibility index (Phi) is 4.95. The van der Waals surface area contributed by atoms with Crippen LogP contribution in [0.1, 0.15) is 45.6 Å². The highest BCUT2D eigenvalue weighted by atomic mass is 35.5. The van der Waals surface area contributed by atoms with Gasteiger partial charge < -0.3 is 10.4 Å². The average molecular weight is 400 g/mol. The Labute approximate surface area is 164 Å². The Balaban J connectivity index is 1.66. The third-order valence-corrected chi connectivity index (χ3v) is 7.11. The summed E-state index contributed by atoms with van der Waals surface area (Å²) >= 11 is 17.3. The van der Waals surface area contributed by atoms with Crippen LogP contribution in [-0.4, -0.2) is 22.0 Å². The third-order valence-electron chi connectivity index (χ3n) is 6.41. The topological polar surface area (TPSA) is 56.7 Å². The quantitative estimate of drug-likeness (QED) is 0.391. The van der Waals surface area contributed by atoms with Gasteiger partial charge in [0.1, 0.15) is 5.75 Å². The summed E-state index contributed by atoms with van der Waals surface area (Å²) in [6.45, 7) is 6.90. The fraction of sp³-hybridized carbons (Fsp3) is 0.556. The highest BCUT2D eigenvalue weighted by Gasteiger charge is 2.60. The number of fused-ring (bicyclic) bond motifs is 2. The summed E-state index contributed by atoms with van der Waals surface area (Å²) < 4.78 is 0. The highest BCUT2D eigenvalue weighted by molar-refractivity contribution is 7.80. The molecule has 1 aromatic rings. The van der Waals surface area contributed by atoms with Crippen molar-refractivity contribution in [3.63, 3.8) is 0 Å². The van der Waals surface area contributed by atoms with Gasteiger partial charge in [0.2, 0.25) is 0 Å². The number of hydrazone groups is 1. The van der Waals surface area contributed by atoms with Gasteiger partial charge in [0.05, 0.1) is 11.2 Å². The molecule has 0 saturated heterocycles. The Morgan fingerprint density at radius 3 is 2.60 bits per heavy atom. The van der Waals surface area contributed by atoms with E-state index in [1.54, 1.807) is 6.07 Å². The first-order chi connectivity index (χ1) is 11.6. The number of halogens is 2. The van der Waals surface area contributed by atoms with Crippen LogP contribution < -0.4 is 10.7 Å². The predicted molar refractivity (Wildman–Crippen MR) is 108 cm³/mol. The number of hydrogen-bond donors (Lipinski definition) is 3. The molecule has 0 spiro atoms. The van der Waals surface area contributed by atoms with Crippen molar-refractivity contribution in [2.75, 3.05) is 0 Å². The number of phenolic OH excluding ortho intramolecular Hbond substituents is 1. The second-order valence-corrected chi connectivity index (χ2v) is 9.03. The zero-order valence-electron chi connectivity index (χ0n) is 14.6. The van der Waals surface area contributed by atoms with Gasteiger partial charge >= 0.3 is 0 Å². The molecule has 0 aliphatic heterocycles. The van der Waals surface area contributed by atoms with Crippen LogP contribution in [0.4, 0.5) is 0 Å². The molecule has 0 aromatic heterocycles. The molecule has 2 aliphatic rings. The monoisotopic (exact) mass is 399 g/mol. The molecule has 0 heterocycles. The van der Waals surface area contributed by atoms with Gasteiger partial charge in [-0.15, -0.1) is 0 Å². The van der Waals surface area contributed by atoms with Gasteiger partial charge in [0.25, 0.3) is 0 Å². The summed E-state index contributed by atoms with van der Waals surface area (Å²) in [5.41, 5.74) is 3.41. The molecule has 2 bridgehead atoms. The van der Waals surface area contributed by atoms with Crippen molar-refractivity contribution < 1.29 is 5.11 Å². The predicted octanol–water partition coefficient (Wildman–Crippen LogP) is 4.71. The summed E-state index contributed by atoms with van der Waals surface area (Å²) in [5, 5.41) is 18.6. The average Bonchev–Trinajstić information content (AvgIpc) is 3.07. The van der Waals surface area contributed by atoms with Crippen LogP contribution in [0.5, 0.6) is 5.75 Å². The lowest BCUT2D eigenvalue weighted by Crippen LogP contribution is -2.60. The van der Waals surface area contributed by atoms with Crippen molar-refractivity contribution in [2.24, 2.45) is 22.4 Å². The Hall–Kier alpha value is -1.04. The van der Waals surface area contributed by atoms with Gasteiger partial charge in [-0.25, -0.2) is 0 Å². The summed E-state index contributed by atoms with van der Waals surface area (Å²) in [6, 6.07) is 3.07. The number of nitrogens with zero attached hydrogens (tertiary/aromatic N) is 1. The van der Waals surface area contributed by atoms with Gasteiger partial charge in [0, 0.05) is 16.1 Å². The molecular weight excluding hydrogens is 377 g/mol. The van der Waals surface area contributed by atoms with Crippen LogP contribution in [0.15, 0.2) is 17.2 Å². The van der Waals surface area contributed by atoms with Crippen LogP contribution in [-0.2, 0) is 0 Å². The van der Waals surface area contributed by atoms with E-state index < -0.39 is 0 Å². The minimum atomic E-state index is -0.0586. The summed E-state index contributed by atoms with van der Waals surface area (Å²) in [5.74, 6) is 1.32. The van der Waals surface area contributed by atoms with Crippen molar-refractivity contribution in [2.45, 2.75) is 45.6 Å². The molecule has 0 radical (unpaired) electrons. The van der Waals surface area contributed by atoms with Crippen LogP contribution in [0.25, 0.3) is 0 Å². The number of nitrogens with one attached hydrogen (secondary N) is 2. The molecule has 1 aromatic carbocycles. The Morgan fingerprint density at radius 1 is 1.28 bits per heavy atom. The van der Waals surface area contributed by atoms with E-state index in [0.717, 1.165) is 5.92 Å². The fourth-order valence-corrected chi connectivity index (χ4v) is 5.26. The number of rotatable bonds is 3. The van der Waals surface area contributed by atoms with Gasteiger partial charge in [0.15, 0.2) is 5.11 Å². The molecule has 0 unspecified atom stereocenters. The van der Waals surface area contributed by atoms with E-state index in [1.165, 1.54) is 31.5 Å². The van der Waals surface area contributed by atoms with Crippen molar-refractivity contribution in [3.05, 3.63) is 27.7 Å². The second kappa shape index (κ2) is 6.60. The molecule has 3 atom stereocenters. The molecule has 0 amide bonds. The number of hydrogen-bond acceptors (Lipinski definition) is 3. The zero-order chi connectivity index (χ0) is 18.4. The maximum absolute atomic E-state index is 9.94. The first-order valence-corrected chi connectivity index (χ1v) is 9.61. The van der Waals surface area contributed by atoms with Crippen molar-refractivity contribution >= 4 is 46.7 Å². The van der Waals surface area contributed by atoms with Gasteiger partial charge in [-0.3, -0.25) is 5.43 Å². The minimum absolute atomic E-state index is 0.0446. The lowest BCUT2D eigenvalue weighted by Gasteiger charge is -2.48. The van der Waals surface area contributed by atoms with E-state index in [0.29, 0.717) is 21.6 Å². The number of aromatic hydroxyl groups is 1. The molecule has 3 rings (SSSR count). The van der Waals surface area contributed by atoms with E-state index in [-0.39, 0.29) is 21.7 Å². The van der Waals surface area contributed by atoms with Crippen molar-refractivity contribution in [1.82, 2.24) is 10.7 Å². The molecule has 2 fully saturated rings. The molecule has 25 heavy (non-hydrogen) atoms. The molecule has 7 heteroatoms. The lowest BCUT2D eigenvalue weighted by molar-refractivity contribution is 0.0833. The maximum atomic E-state index is 9.94. The number of phenols is 1. The normalized spacial score (nSPS) is 30.0. The molecular formula is C18H23Cl2N3OS. The van der Waals surface area contributed by atoms with Crippen LogP contribution in [0.2, 0.25) is 10.0 Å². The zero-order valence-corrected chi connectivity index (χ0v) is 16.9. The second-order valence-electron chi connectivity index (χ2n) is 7.78. The molecule has 2 saturated carbocycles. The van der Waals surface area contributed by atoms with Crippen molar-refractivity contribution in [3.8, 4) is 5.75 Å². The standard InChI is InChI=1S/C18H23Cl2N3OS/c1-17(2)11-4-5-12(7-11)18(17,3)22-16(25)23-21-9-10-6-13(19)8-14(20)15(10)24/h6,8-9,11-12,24H,4-5,7H2,1-3H3,(H2,22,23,25)/b21-9-/t11-,12+,18+/m0/s1. The first kappa shape index (κ1) is 18.7. The minimum Gasteiger partial charge on any atom is -0.506 e. The van der Waals surface area contributed by atoms with E-state index >= 15 is 0 Å². The SMILES string of the molecule is CC1(C)[C@H]2CC[C@H](C2)[C@@]1(C)NC(=S)N/N=C\c1cc(Cl)cc(Cl)c1O. The summed E-state index contributed by atoms with van der Waals surface area (Å²) in [4.78, 5) is 0. The van der Waals surface area contributed by atoms with Gasteiger partial charge in [-0.2, -0.15) is 5.10 Å². The van der Waals surface area contributed by atoms with E-state index in [4.69, 9.17) is 35.4 Å². The summed E-state index contributed by atoms with van der Waals surface area (Å²) in [7, 11) is 0. The van der Waals surface area contributed by atoms with Crippen molar-refractivity contribution in [1.29, 1.82) is 0 Å². The number of thiocarbonyl (C=S) groups is 1. The molecule has 136 valence electrons. The van der Waals surface area contributed by atoms with E-state index in [1.807, 2.05) is 0 Å². The Morgan fingerprint density at radius 2 is 1.96 bits per heavy atom. The first-order valence-electron chi connectivity index (χ1n) is 8.44. The number of benzene rings is 1. The largest absolute Gasteiger partial charge is 0.506 e. The third kappa shape index (κ3) is 3.22. The fourth-order valence-electron chi connectivity index (χ4n) is 4.48. The van der Waals surface area contributed by atoms with E-state index in [9.17, 15) is 5.11 Å². The van der Waals surface area contributed by atoms with Crippen LogP contribution >= 0.6 is 35.4 Å². The summed E-state index contributed by atoms with van der Waals surface area (Å²) in [6.07, 6.45) is 5.27. The smallest absolute Gasteiger partial charge is 0.187 e. The van der Waals surface area contributed by atoms with Gasteiger partial charge in [-0.05, 0) is 67.8 Å².